The summed E-state index contributed by atoms with van der Waals surface area (Å²) in [5, 5.41) is 2.69. The van der Waals surface area contributed by atoms with Crippen molar-refractivity contribution >= 4 is 23.9 Å². The van der Waals surface area contributed by atoms with Crippen LogP contribution in [0, 0.1) is 6.92 Å². The van der Waals surface area contributed by atoms with Gasteiger partial charge in [0.1, 0.15) is 5.76 Å². The van der Waals surface area contributed by atoms with Gasteiger partial charge in [-0.1, -0.05) is 0 Å². The van der Waals surface area contributed by atoms with Gasteiger partial charge >= 0.3 is 11.9 Å². The number of ether oxygens (including phenoxy) is 3. The molecule has 1 aliphatic heterocycles. The number of esters is 2. The maximum absolute atomic E-state index is 11.7. The zero-order valence-electron chi connectivity index (χ0n) is 15.2. The van der Waals surface area contributed by atoms with Gasteiger partial charge in [0.15, 0.2) is 0 Å². The van der Waals surface area contributed by atoms with Crippen molar-refractivity contribution in [2.24, 2.45) is 0 Å². The van der Waals surface area contributed by atoms with E-state index in [9.17, 15) is 14.4 Å². The number of aromatic nitrogens is 1. The molecule has 0 fully saturated rings. The first kappa shape index (κ1) is 19.3. The third kappa shape index (κ3) is 4.33. The van der Waals surface area contributed by atoms with Crippen LogP contribution < -0.4 is 5.32 Å². The van der Waals surface area contributed by atoms with Crippen molar-refractivity contribution in [2.75, 3.05) is 21.3 Å². The minimum Gasteiger partial charge on any atom is -0.494 e. The highest BCUT2D eigenvalue weighted by Gasteiger charge is 2.22. The number of rotatable bonds is 7. The van der Waals surface area contributed by atoms with Crippen LogP contribution in [0.15, 0.2) is 17.5 Å². The van der Waals surface area contributed by atoms with Gasteiger partial charge in [-0.05, 0) is 30.5 Å². The van der Waals surface area contributed by atoms with E-state index < -0.39 is 0 Å². The third-order valence-electron chi connectivity index (χ3n) is 4.11. The summed E-state index contributed by atoms with van der Waals surface area (Å²) >= 11 is 0. The van der Waals surface area contributed by atoms with Crippen LogP contribution in [0.3, 0.4) is 0 Å². The minimum absolute atomic E-state index is 0.0812. The molecule has 0 unspecified atom stereocenters. The highest BCUT2D eigenvalue weighted by atomic mass is 16.5. The Hall–Kier alpha value is -3.03. The number of aromatic amines is 1. The van der Waals surface area contributed by atoms with Crippen LogP contribution in [0.2, 0.25) is 0 Å². The molecule has 2 heterocycles. The first-order chi connectivity index (χ1) is 12.4. The monoisotopic (exact) mass is 362 g/mol. The van der Waals surface area contributed by atoms with Crippen LogP contribution in [-0.2, 0) is 41.4 Å². The van der Waals surface area contributed by atoms with Gasteiger partial charge in [-0.15, -0.1) is 0 Å². The Balaban J connectivity index is 2.42. The lowest BCUT2D eigenvalue weighted by Crippen LogP contribution is -2.14. The summed E-state index contributed by atoms with van der Waals surface area (Å²) in [7, 11) is 4.12. The van der Waals surface area contributed by atoms with E-state index in [0.29, 0.717) is 23.6 Å². The van der Waals surface area contributed by atoms with Gasteiger partial charge in [0.2, 0.25) is 0 Å². The average Bonchev–Trinajstić information content (AvgIpc) is 3.12. The highest BCUT2D eigenvalue weighted by molar-refractivity contribution is 5.95. The van der Waals surface area contributed by atoms with Gasteiger partial charge in [-0.3, -0.25) is 14.4 Å². The average molecular weight is 362 g/mol. The second-order valence-electron chi connectivity index (χ2n) is 5.71. The summed E-state index contributed by atoms with van der Waals surface area (Å²) in [5.74, 6) is -0.589. The van der Waals surface area contributed by atoms with Crippen molar-refractivity contribution < 1.29 is 28.6 Å². The van der Waals surface area contributed by atoms with E-state index in [1.807, 2.05) is 6.92 Å². The van der Waals surface area contributed by atoms with E-state index >= 15 is 0 Å². The maximum Gasteiger partial charge on any atom is 0.310 e. The lowest BCUT2D eigenvalue weighted by molar-refractivity contribution is -0.141. The number of carbonyl (C=O) groups is 3. The largest absolute Gasteiger partial charge is 0.494 e. The highest BCUT2D eigenvalue weighted by Crippen LogP contribution is 2.26. The summed E-state index contributed by atoms with van der Waals surface area (Å²) in [6, 6.07) is 0. The number of hydrogen-bond donors (Lipinski definition) is 2. The fourth-order valence-electron chi connectivity index (χ4n) is 2.78. The molecule has 1 aliphatic rings. The van der Waals surface area contributed by atoms with E-state index in [2.05, 4.69) is 10.3 Å². The molecule has 26 heavy (non-hydrogen) atoms. The number of aryl methyl sites for hydroxylation is 1. The van der Waals surface area contributed by atoms with Gasteiger partial charge in [0.05, 0.1) is 33.4 Å². The quantitative estimate of drug-likeness (QED) is 0.705. The maximum atomic E-state index is 11.7. The van der Waals surface area contributed by atoms with Crippen LogP contribution in [0.4, 0.5) is 0 Å². The molecule has 0 aromatic carbocycles. The molecule has 0 bridgehead atoms. The molecule has 1 amide bonds. The van der Waals surface area contributed by atoms with Gasteiger partial charge in [-0.2, -0.15) is 0 Å². The van der Waals surface area contributed by atoms with E-state index in [0.717, 1.165) is 16.8 Å². The molecule has 8 heteroatoms. The SMILES string of the molecule is COC(=O)CCc1c(/C=C2\NC(=O)C=C2OC)[nH]c(C)c1CC(=O)OC. The predicted octanol–water partition coefficient (Wildman–Crippen LogP) is 1.15. The van der Waals surface area contributed by atoms with E-state index in [-0.39, 0.29) is 30.7 Å². The lowest BCUT2D eigenvalue weighted by atomic mass is 10.0. The summed E-state index contributed by atoms with van der Waals surface area (Å²) < 4.78 is 14.6. The zero-order chi connectivity index (χ0) is 19.3. The fourth-order valence-corrected chi connectivity index (χ4v) is 2.78. The Bertz CT molecular complexity index is 788. The number of H-pyrrole nitrogens is 1. The molecule has 0 aliphatic carbocycles. The van der Waals surface area contributed by atoms with E-state index in [1.165, 1.54) is 27.4 Å². The minimum atomic E-state index is -0.378. The van der Waals surface area contributed by atoms with Crippen molar-refractivity contribution in [2.45, 2.75) is 26.2 Å². The molecular formula is C18H22N2O6. The summed E-state index contributed by atoms with van der Waals surface area (Å²) in [4.78, 5) is 38.1. The Morgan fingerprint density at radius 1 is 1.12 bits per heavy atom. The van der Waals surface area contributed by atoms with Gasteiger partial charge in [0.25, 0.3) is 5.91 Å². The van der Waals surface area contributed by atoms with Crippen LogP contribution >= 0.6 is 0 Å². The van der Waals surface area contributed by atoms with Crippen molar-refractivity contribution in [3.05, 3.63) is 40.0 Å². The topological polar surface area (TPSA) is 107 Å². The van der Waals surface area contributed by atoms with Gasteiger partial charge in [-0.25, -0.2) is 0 Å². The molecule has 0 saturated heterocycles. The van der Waals surface area contributed by atoms with Crippen molar-refractivity contribution in [3.8, 4) is 0 Å². The Labute approximate surface area is 151 Å². The number of amides is 1. The number of hydrogen-bond acceptors (Lipinski definition) is 6. The zero-order valence-corrected chi connectivity index (χ0v) is 15.2. The molecule has 2 N–H and O–H groups in total. The first-order valence-corrected chi connectivity index (χ1v) is 8.02. The van der Waals surface area contributed by atoms with Crippen molar-refractivity contribution in [1.82, 2.24) is 10.3 Å². The summed E-state index contributed by atoms with van der Waals surface area (Å²) in [6.45, 7) is 1.84. The molecule has 0 radical (unpaired) electrons. The molecule has 1 aromatic rings. The van der Waals surface area contributed by atoms with Crippen LogP contribution in [0.25, 0.3) is 6.08 Å². The van der Waals surface area contributed by atoms with Crippen molar-refractivity contribution in [1.29, 1.82) is 0 Å². The Kier molecular flexibility index (Phi) is 6.21. The van der Waals surface area contributed by atoms with Gasteiger partial charge < -0.3 is 24.5 Å². The molecule has 140 valence electrons. The third-order valence-corrected chi connectivity index (χ3v) is 4.11. The summed E-state index contributed by atoms with van der Waals surface area (Å²) in [5.41, 5.74) is 3.53. The second-order valence-corrected chi connectivity index (χ2v) is 5.71. The predicted molar refractivity (Wildman–Crippen MR) is 92.8 cm³/mol. The molecule has 0 atom stereocenters. The standard InChI is InChI=1S/C18H22N2O6/c1-10-12(7-18(23)26-4)11(5-6-17(22)25-3)13(19-10)8-14-15(24-2)9-16(21)20-14/h8-9,19H,5-7H2,1-4H3,(H,20,21)/b14-8-. The normalized spacial score (nSPS) is 14.8. The number of nitrogens with one attached hydrogen (secondary N) is 2. The molecule has 0 spiro atoms. The van der Waals surface area contributed by atoms with Crippen molar-refractivity contribution in [3.63, 3.8) is 0 Å². The molecule has 1 aromatic heterocycles. The van der Waals surface area contributed by atoms with Crippen LogP contribution in [-0.4, -0.2) is 44.2 Å². The molecule has 0 saturated carbocycles. The first-order valence-electron chi connectivity index (χ1n) is 8.02. The molecule has 2 rings (SSSR count). The Morgan fingerprint density at radius 3 is 2.42 bits per heavy atom. The number of methoxy groups -OCH3 is 3. The summed E-state index contributed by atoms with van der Waals surface area (Å²) in [6.07, 6.45) is 3.70. The van der Waals surface area contributed by atoms with Crippen LogP contribution in [0.1, 0.15) is 28.9 Å². The van der Waals surface area contributed by atoms with Crippen LogP contribution in [0.5, 0.6) is 0 Å². The molecule has 8 nitrogen and oxygen atoms in total. The number of carbonyl (C=O) groups excluding carboxylic acids is 3. The second kappa shape index (κ2) is 8.37. The molecular weight excluding hydrogens is 340 g/mol. The van der Waals surface area contributed by atoms with E-state index in [1.54, 1.807) is 6.08 Å². The van der Waals surface area contributed by atoms with E-state index in [4.69, 9.17) is 14.2 Å². The lowest BCUT2D eigenvalue weighted by Gasteiger charge is -2.07. The Morgan fingerprint density at radius 2 is 1.81 bits per heavy atom. The van der Waals surface area contributed by atoms with Gasteiger partial charge in [0, 0.05) is 23.9 Å². The fraction of sp³-hybridized carbons (Fsp3) is 0.389. The smallest absolute Gasteiger partial charge is 0.310 e.